The van der Waals surface area contributed by atoms with Gasteiger partial charge >= 0.3 is 0 Å². The van der Waals surface area contributed by atoms with Crippen LogP contribution in [0, 0.1) is 5.82 Å². The standard InChI is InChI=1S/C16H24FN3O/c17-15-3-1-2-13(12-18-14-4-5-14)16(15)20-8-6-19(7-9-20)10-11-21/h1-3,14,18,21H,4-12H2. The van der Waals surface area contributed by atoms with Crippen molar-refractivity contribution in [3.63, 3.8) is 0 Å². The summed E-state index contributed by atoms with van der Waals surface area (Å²) in [5.41, 5.74) is 1.81. The molecule has 2 aliphatic rings. The van der Waals surface area contributed by atoms with Gasteiger partial charge in [-0.25, -0.2) is 4.39 Å². The largest absolute Gasteiger partial charge is 0.395 e. The third kappa shape index (κ3) is 3.73. The fourth-order valence-corrected chi connectivity index (χ4v) is 2.94. The summed E-state index contributed by atoms with van der Waals surface area (Å²) < 4.78 is 14.3. The van der Waals surface area contributed by atoms with Crippen molar-refractivity contribution in [2.24, 2.45) is 0 Å². The molecular weight excluding hydrogens is 269 g/mol. The van der Waals surface area contributed by atoms with Crippen LogP contribution in [-0.4, -0.2) is 55.4 Å². The zero-order chi connectivity index (χ0) is 14.7. The quantitative estimate of drug-likeness (QED) is 0.826. The first-order chi connectivity index (χ1) is 10.3. The zero-order valence-corrected chi connectivity index (χ0v) is 12.4. The zero-order valence-electron chi connectivity index (χ0n) is 12.4. The van der Waals surface area contributed by atoms with Gasteiger partial charge in [-0.05, 0) is 24.5 Å². The normalized spacial score (nSPS) is 20.0. The van der Waals surface area contributed by atoms with Crippen LogP contribution in [0.5, 0.6) is 0 Å². The van der Waals surface area contributed by atoms with E-state index in [2.05, 4.69) is 15.1 Å². The highest BCUT2D eigenvalue weighted by atomic mass is 19.1. The molecule has 0 spiro atoms. The van der Waals surface area contributed by atoms with E-state index < -0.39 is 0 Å². The highest BCUT2D eigenvalue weighted by molar-refractivity contribution is 5.55. The molecule has 21 heavy (non-hydrogen) atoms. The van der Waals surface area contributed by atoms with Crippen LogP contribution in [0.3, 0.4) is 0 Å². The number of aliphatic hydroxyl groups is 1. The number of rotatable bonds is 6. The predicted octanol–water partition coefficient (Wildman–Crippen LogP) is 1.19. The molecule has 1 aliphatic heterocycles. The lowest BCUT2D eigenvalue weighted by Crippen LogP contribution is -2.47. The van der Waals surface area contributed by atoms with Crippen LogP contribution in [0.4, 0.5) is 10.1 Å². The number of halogens is 1. The monoisotopic (exact) mass is 293 g/mol. The van der Waals surface area contributed by atoms with E-state index in [1.807, 2.05) is 6.07 Å². The van der Waals surface area contributed by atoms with Crippen molar-refractivity contribution in [1.29, 1.82) is 0 Å². The van der Waals surface area contributed by atoms with Crippen LogP contribution < -0.4 is 10.2 Å². The van der Waals surface area contributed by atoms with E-state index in [9.17, 15) is 4.39 Å². The van der Waals surface area contributed by atoms with Gasteiger partial charge in [0.15, 0.2) is 0 Å². The van der Waals surface area contributed by atoms with Gasteiger partial charge < -0.3 is 15.3 Å². The Balaban J connectivity index is 1.68. The minimum atomic E-state index is -0.124. The van der Waals surface area contributed by atoms with Crippen molar-refractivity contribution in [1.82, 2.24) is 10.2 Å². The van der Waals surface area contributed by atoms with E-state index in [0.717, 1.165) is 44.0 Å². The van der Waals surface area contributed by atoms with Gasteiger partial charge in [-0.3, -0.25) is 4.90 Å². The second-order valence-electron chi connectivity index (χ2n) is 5.96. The fraction of sp³-hybridized carbons (Fsp3) is 0.625. The fourth-order valence-electron chi connectivity index (χ4n) is 2.94. The molecule has 2 fully saturated rings. The maximum Gasteiger partial charge on any atom is 0.146 e. The molecule has 1 heterocycles. The maximum absolute atomic E-state index is 14.3. The van der Waals surface area contributed by atoms with Gasteiger partial charge in [-0.1, -0.05) is 12.1 Å². The van der Waals surface area contributed by atoms with Crippen molar-refractivity contribution in [2.45, 2.75) is 25.4 Å². The van der Waals surface area contributed by atoms with E-state index >= 15 is 0 Å². The number of β-amino-alcohol motifs (C(OH)–C–C–N with tert-alkyl or cyclic N) is 1. The summed E-state index contributed by atoms with van der Waals surface area (Å²) >= 11 is 0. The number of piperazine rings is 1. The Bertz CT molecular complexity index is 471. The second-order valence-corrected chi connectivity index (χ2v) is 5.96. The van der Waals surface area contributed by atoms with Gasteiger partial charge in [0.1, 0.15) is 5.82 Å². The summed E-state index contributed by atoms with van der Waals surface area (Å²) in [6.45, 7) is 5.04. The van der Waals surface area contributed by atoms with Crippen molar-refractivity contribution in [2.75, 3.05) is 44.2 Å². The Morgan fingerprint density at radius 1 is 1.19 bits per heavy atom. The van der Waals surface area contributed by atoms with Crippen molar-refractivity contribution < 1.29 is 9.50 Å². The molecule has 0 bridgehead atoms. The molecule has 1 aliphatic carbocycles. The Hall–Kier alpha value is -1.17. The number of hydrogen-bond donors (Lipinski definition) is 2. The van der Waals surface area contributed by atoms with Gasteiger partial charge in [0.25, 0.3) is 0 Å². The molecule has 1 aromatic rings. The highest BCUT2D eigenvalue weighted by Gasteiger charge is 2.24. The number of anilines is 1. The number of nitrogens with one attached hydrogen (secondary N) is 1. The summed E-state index contributed by atoms with van der Waals surface area (Å²) in [7, 11) is 0. The Morgan fingerprint density at radius 3 is 2.62 bits per heavy atom. The topological polar surface area (TPSA) is 38.7 Å². The number of nitrogens with zero attached hydrogens (tertiary/aromatic N) is 2. The summed E-state index contributed by atoms with van der Waals surface area (Å²) in [6, 6.07) is 6.00. The van der Waals surface area contributed by atoms with Crippen molar-refractivity contribution in [3.8, 4) is 0 Å². The molecule has 3 rings (SSSR count). The van der Waals surface area contributed by atoms with E-state index in [0.29, 0.717) is 12.6 Å². The molecule has 0 amide bonds. The highest BCUT2D eigenvalue weighted by Crippen LogP contribution is 2.27. The van der Waals surface area contributed by atoms with Gasteiger partial charge in [0.05, 0.1) is 12.3 Å². The molecule has 1 saturated heterocycles. The number of aliphatic hydroxyl groups excluding tert-OH is 1. The third-order valence-electron chi connectivity index (χ3n) is 4.33. The SMILES string of the molecule is OCCN1CCN(c2c(F)cccc2CNC2CC2)CC1. The summed E-state index contributed by atoms with van der Waals surface area (Å²) in [6.07, 6.45) is 2.48. The lowest BCUT2D eigenvalue weighted by atomic mass is 10.1. The van der Waals surface area contributed by atoms with Gasteiger partial charge in [0.2, 0.25) is 0 Å². The maximum atomic E-state index is 14.3. The molecule has 1 aromatic carbocycles. The van der Waals surface area contributed by atoms with Crippen molar-refractivity contribution in [3.05, 3.63) is 29.6 Å². The minimum absolute atomic E-state index is 0.124. The molecule has 5 heteroatoms. The van der Waals surface area contributed by atoms with Crippen LogP contribution in [0.25, 0.3) is 0 Å². The first-order valence-electron chi connectivity index (χ1n) is 7.87. The molecule has 116 valence electrons. The van der Waals surface area contributed by atoms with Crippen LogP contribution >= 0.6 is 0 Å². The Morgan fingerprint density at radius 2 is 1.95 bits per heavy atom. The van der Waals surface area contributed by atoms with Crippen LogP contribution in [0.2, 0.25) is 0 Å². The van der Waals surface area contributed by atoms with Crippen LogP contribution in [-0.2, 0) is 6.54 Å². The molecule has 2 N–H and O–H groups in total. The average Bonchev–Trinajstić information content (AvgIpc) is 3.31. The molecule has 4 nitrogen and oxygen atoms in total. The molecule has 0 unspecified atom stereocenters. The predicted molar refractivity (Wildman–Crippen MR) is 82.0 cm³/mol. The Labute approximate surface area is 125 Å². The van der Waals surface area contributed by atoms with Gasteiger partial charge in [-0.2, -0.15) is 0 Å². The Kier molecular flexibility index (Phi) is 4.73. The van der Waals surface area contributed by atoms with E-state index in [-0.39, 0.29) is 12.4 Å². The molecule has 0 atom stereocenters. The summed E-state index contributed by atoms with van der Waals surface area (Å²) in [4.78, 5) is 4.37. The van der Waals surface area contributed by atoms with Crippen molar-refractivity contribution >= 4 is 5.69 Å². The first kappa shape index (κ1) is 14.8. The van der Waals surface area contributed by atoms with E-state index in [1.165, 1.54) is 12.8 Å². The second kappa shape index (κ2) is 6.73. The van der Waals surface area contributed by atoms with Gasteiger partial charge in [0, 0.05) is 45.3 Å². The number of benzene rings is 1. The lowest BCUT2D eigenvalue weighted by molar-refractivity contribution is 0.188. The smallest absolute Gasteiger partial charge is 0.146 e. The lowest BCUT2D eigenvalue weighted by Gasteiger charge is -2.36. The first-order valence-corrected chi connectivity index (χ1v) is 7.87. The number of para-hydroxylation sites is 1. The van der Waals surface area contributed by atoms with Crippen LogP contribution in [0.15, 0.2) is 18.2 Å². The third-order valence-corrected chi connectivity index (χ3v) is 4.33. The summed E-state index contributed by atoms with van der Waals surface area (Å²) in [5.74, 6) is -0.124. The average molecular weight is 293 g/mol. The molecular formula is C16H24FN3O. The number of hydrogen-bond acceptors (Lipinski definition) is 4. The van der Waals surface area contributed by atoms with E-state index in [1.54, 1.807) is 12.1 Å². The minimum Gasteiger partial charge on any atom is -0.395 e. The van der Waals surface area contributed by atoms with Crippen LogP contribution in [0.1, 0.15) is 18.4 Å². The van der Waals surface area contributed by atoms with E-state index in [4.69, 9.17) is 5.11 Å². The molecule has 0 aromatic heterocycles. The summed E-state index contributed by atoms with van der Waals surface area (Å²) in [5, 5.41) is 12.5. The molecule has 1 saturated carbocycles. The molecule has 0 radical (unpaired) electrons. The van der Waals surface area contributed by atoms with Gasteiger partial charge in [-0.15, -0.1) is 0 Å².